The average Bonchev–Trinajstić information content (AvgIpc) is 3.21. The number of amides is 2. The summed E-state index contributed by atoms with van der Waals surface area (Å²) in [5.41, 5.74) is 3.08. The lowest BCUT2D eigenvalue weighted by molar-refractivity contribution is 0.241. The highest BCUT2D eigenvalue weighted by atomic mass is 32.2. The Balaban J connectivity index is 1.55. The van der Waals surface area contributed by atoms with E-state index in [1.165, 1.54) is 24.4 Å². The van der Waals surface area contributed by atoms with Gasteiger partial charge in [0.2, 0.25) is 0 Å². The molecule has 0 radical (unpaired) electrons. The van der Waals surface area contributed by atoms with Crippen LogP contribution in [0.15, 0.2) is 53.8 Å². The molecule has 168 valence electrons. The summed E-state index contributed by atoms with van der Waals surface area (Å²) in [5.74, 6) is -0.319. The molecule has 1 aliphatic rings. The predicted octanol–water partition coefficient (Wildman–Crippen LogP) is 3.42. The van der Waals surface area contributed by atoms with Gasteiger partial charge in [-0.05, 0) is 55.2 Å². The van der Waals surface area contributed by atoms with Crippen LogP contribution in [-0.4, -0.2) is 42.0 Å². The van der Waals surface area contributed by atoms with Crippen molar-refractivity contribution >= 4 is 21.6 Å². The maximum absolute atomic E-state index is 13.3. The summed E-state index contributed by atoms with van der Waals surface area (Å²) >= 11 is 0. The number of nitrogens with one attached hydrogen (secondary N) is 1. The van der Waals surface area contributed by atoms with E-state index in [1.54, 1.807) is 34.0 Å². The Morgan fingerprint density at radius 2 is 1.94 bits per heavy atom. The minimum Gasteiger partial charge on any atom is -0.331 e. The molecular formula is C22H24FN5O3S. The summed E-state index contributed by atoms with van der Waals surface area (Å²) < 4.78 is 38.3. The predicted molar refractivity (Wildman–Crippen MR) is 118 cm³/mol. The van der Waals surface area contributed by atoms with Crippen molar-refractivity contribution in [3.05, 3.63) is 65.9 Å². The Hall–Kier alpha value is -3.27. The van der Waals surface area contributed by atoms with E-state index in [0.29, 0.717) is 13.0 Å². The fourth-order valence-corrected chi connectivity index (χ4v) is 4.39. The number of hydrogen-bond acceptors (Lipinski definition) is 5. The molecule has 10 heteroatoms. The van der Waals surface area contributed by atoms with Crippen molar-refractivity contribution in [3.8, 4) is 5.69 Å². The molecule has 0 saturated heterocycles. The quantitative estimate of drug-likeness (QED) is 0.633. The minimum atomic E-state index is -3.39. The second-order valence-corrected chi connectivity index (χ2v) is 9.69. The van der Waals surface area contributed by atoms with E-state index in [-0.39, 0.29) is 22.9 Å². The maximum Gasteiger partial charge on any atom is 0.322 e. The van der Waals surface area contributed by atoms with E-state index in [9.17, 15) is 17.6 Å². The van der Waals surface area contributed by atoms with Gasteiger partial charge < -0.3 is 5.32 Å². The highest BCUT2D eigenvalue weighted by molar-refractivity contribution is 7.90. The highest BCUT2D eigenvalue weighted by Gasteiger charge is 2.28. The summed E-state index contributed by atoms with van der Waals surface area (Å²) in [6.45, 7) is 2.49. The van der Waals surface area contributed by atoms with Crippen LogP contribution in [0.25, 0.3) is 5.69 Å². The van der Waals surface area contributed by atoms with Crippen LogP contribution in [0, 0.1) is 5.82 Å². The number of hydrogen-bond donors (Lipinski definition) is 1. The number of carbonyl (C=O) groups is 1. The lowest BCUT2D eigenvalue weighted by Gasteiger charge is -2.29. The van der Waals surface area contributed by atoms with Gasteiger partial charge in [-0.15, -0.1) is 0 Å². The Morgan fingerprint density at radius 3 is 2.56 bits per heavy atom. The van der Waals surface area contributed by atoms with Crippen LogP contribution in [0.2, 0.25) is 0 Å². The lowest BCUT2D eigenvalue weighted by atomic mass is 10.1. The molecule has 1 unspecified atom stereocenters. The zero-order valence-corrected chi connectivity index (χ0v) is 18.6. The van der Waals surface area contributed by atoms with Crippen molar-refractivity contribution in [1.82, 2.24) is 20.1 Å². The number of nitrogens with zero attached hydrogens (tertiary/aromatic N) is 4. The Morgan fingerprint density at radius 1 is 1.19 bits per heavy atom. The molecule has 1 aliphatic heterocycles. The van der Waals surface area contributed by atoms with E-state index >= 15 is 0 Å². The molecule has 0 spiro atoms. The summed E-state index contributed by atoms with van der Waals surface area (Å²) in [6.07, 6.45) is 6.38. The van der Waals surface area contributed by atoms with Crippen molar-refractivity contribution < 1.29 is 17.6 Å². The Labute approximate surface area is 186 Å². The standard InChI is InChI=1S/C22H24FN5O3S/c1-3-18(15-6-11-21(24-13-15)32(2,30)31)26-22(29)27-12-4-5-19-20(27)14-25-28(19)17-9-7-16(23)8-10-17/h6-11,13-14,18H,3-5,12H2,1-2H3,(H,26,29). The van der Waals surface area contributed by atoms with Crippen LogP contribution >= 0.6 is 0 Å². The molecule has 0 fully saturated rings. The molecule has 0 aliphatic carbocycles. The monoisotopic (exact) mass is 457 g/mol. The first-order valence-corrected chi connectivity index (χ1v) is 12.2. The third kappa shape index (κ3) is 4.36. The number of halogens is 1. The van der Waals surface area contributed by atoms with Gasteiger partial charge in [-0.25, -0.2) is 27.3 Å². The van der Waals surface area contributed by atoms with Gasteiger partial charge in [0.1, 0.15) is 5.82 Å². The number of carbonyl (C=O) groups excluding carboxylic acids is 1. The molecule has 1 N–H and O–H groups in total. The van der Waals surface area contributed by atoms with E-state index in [2.05, 4.69) is 15.4 Å². The fraction of sp³-hybridized carbons (Fsp3) is 0.318. The average molecular weight is 458 g/mol. The number of aromatic nitrogens is 3. The van der Waals surface area contributed by atoms with Crippen LogP contribution in [0.1, 0.15) is 37.1 Å². The molecule has 3 aromatic rings. The van der Waals surface area contributed by atoms with Crippen molar-refractivity contribution in [3.63, 3.8) is 0 Å². The number of benzene rings is 1. The largest absolute Gasteiger partial charge is 0.331 e. The number of pyridine rings is 1. The molecule has 8 nitrogen and oxygen atoms in total. The zero-order valence-electron chi connectivity index (χ0n) is 17.8. The van der Waals surface area contributed by atoms with Crippen LogP contribution in [0.5, 0.6) is 0 Å². The molecule has 2 aromatic heterocycles. The summed E-state index contributed by atoms with van der Waals surface area (Å²) in [5, 5.41) is 7.44. The van der Waals surface area contributed by atoms with E-state index in [1.807, 2.05) is 6.92 Å². The van der Waals surface area contributed by atoms with Crippen LogP contribution in [0.4, 0.5) is 14.9 Å². The molecule has 3 heterocycles. The first-order chi connectivity index (χ1) is 15.3. The highest BCUT2D eigenvalue weighted by Crippen LogP contribution is 2.29. The molecule has 4 rings (SSSR count). The van der Waals surface area contributed by atoms with Gasteiger partial charge in [-0.1, -0.05) is 13.0 Å². The summed E-state index contributed by atoms with van der Waals surface area (Å²) in [6, 6.07) is 8.61. The van der Waals surface area contributed by atoms with Gasteiger partial charge in [0.15, 0.2) is 14.9 Å². The summed E-state index contributed by atoms with van der Waals surface area (Å²) in [7, 11) is -3.39. The van der Waals surface area contributed by atoms with Gasteiger partial charge >= 0.3 is 6.03 Å². The number of fused-ring (bicyclic) bond motifs is 1. The molecule has 0 saturated carbocycles. The molecule has 0 bridgehead atoms. The molecule has 32 heavy (non-hydrogen) atoms. The van der Waals surface area contributed by atoms with Gasteiger partial charge in [0, 0.05) is 19.0 Å². The van der Waals surface area contributed by atoms with Crippen LogP contribution in [-0.2, 0) is 16.3 Å². The smallest absolute Gasteiger partial charge is 0.322 e. The van der Waals surface area contributed by atoms with Crippen molar-refractivity contribution in [1.29, 1.82) is 0 Å². The number of anilines is 1. The van der Waals surface area contributed by atoms with Gasteiger partial charge in [0.05, 0.1) is 29.3 Å². The fourth-order valence-electron chi connectivity index (χ4n) is 3.83. The molecule has 2 amide bonds. The van der Waals surface area contributed by atoms with Crippen molar-refractivity contribution in [2.45, 2.75) is 37.3 Å². The topological polar surface area (TPSA) is 97.2 Å². The lowest BCUT2D eigenvalue weighted by Crippen LogP contribution is -2.44. The van der Waals surface area contributed by atoms with Crippen molar-refractivity contribution in [2.75, 3.05) is 17.7 Å². The van der Waals surface area contributed by atoms with Gasteiger partial charge in [-0.2, -0.15) is 5.10 Å². The first-order valence-electron chi connectivity index (χ1n) is 10.3. The first kappa shape index (κ1) is 21.9. The minimum absolute atomic E-state index is 0.00342. The molecular weight excluding hydrogens is 433 g/mol. The normalized spacial score (nSPS) is 14.7. The number of sulfone groups is 1. The van der Waals surface area contributed by atoms with E-state index in [0.717, 1.165) is 41.7 Å². The van der Waals surface area contributed by atoms with Gasteiger partial charge in [0.25, 0.3) is 0 Å². The third-order valence-corrected chi connectivity index (χ3v) is 6.50. The van der Waals surface area contributed by atoms with Gasteiger partial charge in [-0.3, -0.25) is 4.90 Å². The van der Waals surface area contributed by atoms with Crippen molar-refractivity contribution in [2.24, 2.45) is 0 Å². The van der Waals surface area contributed by atoms with Crippen LogP contribution in [0.3, 0.4) is 0 Å². The zero-order chi connectivity index (χ0) is 22.9. The number of urea groups is 1. The molecule has 1 aromatic carbocycles. The Kier molecular flexibility index (Phi) is 5.96. The second-order valence-electron chi connectivity index (χ2n) is 7.73. The SMILES string of the molecule is CCC(NC(=O)N1CCCc2c1cnn2-c1ccc(F)cc1)c1ccc(S(C)(=O)=O)nc1. The molecule has 1 atom stereocenters. The van der Waals surface area contributed by atoms with E-state index in [4.69, 9.17) is 0 Å². The third-order valence-electron chi connectivity index (χ3n) is 5.50. The van der Waals surface area contributed by atoms with E-state index < -0.39 is 9.84 Å². The van der Waals surface area contributed by atoms with Crippen LogP contribution < -0.4 is 10.2 Å². The Bertz CT molecular complexity index is 1220. The number of rotatable bonds is 5. The second kappa shape index (κ2) is 8.70. The summed E-state index contributed by atoms with van der Waals surface area (Å²) in [4.78, 5) is 18.8. The maximum atomic E-state index is 13.3.